The summed E-state index contributed by atoms with van der Waals surface area (Å²) >= 11 is 0. The fourth-order valence-electron chi connectivity index (χ4n) is 1.08. The molecule has 0 bridgehead atoms. The predicted molar refractivity (Wildman–Crippen MR) is 58.9 cm³/mol. The molecule has 0 aliphatic heterocycles. The molecule has 14 heavy (non-hydrogen) atoms. The fourth-order valence-corrected chi connectivity index (χ4v) is 1.08. The first-order chi connectivity index (χ1) is 6.44. The molecule has 0 aromatic heterocycles. The van der Waals surface area contributed by atoms with E-state index in [4.69, 9.17) is 0 Å². The van der Waals surface area contributed by atoms with Gasteiger partial charge < -0.3 is 4.74 Å². The molecule has 0 fully saturated rings. The highest BCUT2D eigenvalue weighted by Crippen LogP contribution is 2.30. The lowest BCUT2D eigenvalue weighted by atomic mass is 9.78. The van der Waals surface area contributed by atoms with Crippen LogP contribution in [-0.2, 0) is 9.53 Å². The molecule has 0 amide bonds. The molecule has 1 unspecified atom stereocenters. The molecule has 0 aromatic rings. The van der Waals surface area contributed by atoms with E-state index < -0.39 is 0 Å². The van der Waals surface area contributed by atoms with Gasteiger partial charge in [0.1, 0.15) is 0 Å². The second-order valence-corrected chi connectivity index (χ2v) is 4.10. The van der Waals surface area contributed by atoms with Crippen molar-refractivity contribution in [2.75, 3.05) is 7.11 Å². The lowest BCUT2D eigenvalue weighted by Crippen LogP contribution is -2.22. The van der Waals surface area contributed by atoms with Crippen LogP contribution in [0, 0.1) is 11.3 Å². The molecule has 2 heteroatoms. The molecule has 0 spiro atoms. The second kappa shape index (κ2) is 5.63. The largest absolute Gasteiger partial charge is 0.469 e. The van der Waals surface area contributed by atoms with Crippen LogP contribution < -0.4 is 0 Å². The third-order valence-electron chi connectivity index (χ3n) is 2.63. The summed E-state index contributed by atoms with van der Waals surface area (Å²) in [6, 6.07) is 0. The molecule has 0 radical (unpaired) electrons. The van der Waals surface area contributed by atoms with Crippen LogP contribution >= 0.6 is 0 Å². The standard InChI is InChI=1S/C12H20O2/c1-6-7-8-12(3,4)10(2)9-11(13)14-5/h6-8,10H,1,9H2,2-5H3/b8-7+. The van der Waals surface area contributed by atoms with Gasteiger partial charge in [0, 0.05) is 6.42 Å². The van der Waals surface area contributed by atoms with E-state index in [0.717, 1.165) is 0 Å². The summed E-state index contributed by atoms with van der Waals surface area (Å²) in [6.07, 6.45) is 6.17. The molecule has 0 aliphatic carbocycles. The van der Waals surface area contributed by atoms with Crippen molar-refractivity contribution >= 4 is 5.97 Å². The minimum Gasteiger partial charge on any atom is -0.469 e. The van der Waals surface area contributed by atoms with E-state index in [1.165, 1.54) is 7.11 Å². The van der Waals surface area contributed by atoms with Crippen LogP contribution in [0.15, 0.2) is 24.8 Å². The van der Waals surface area contributed by atoms with Crippen molar-refractivity contribution in [3.05, 3.63) is 24.8 Å². The van der Waals surface area contributed by atoms with Crippen molar-refractivity contribution in [3.8, 4) is 0 Å². The summed E-state index contributed by atoms with van der Waals surface area (Å²) in [6.45, 7) is 9.86. The Labute approximate surface area is 86.6 Å². The van der Waals surface area contributed by atoms with Crippen LogP contribution in [0.1, 0.15) is 27.2 Å². The third-order valence-corrected chi connectivity index (χ3v) is 2.63. The van der Waals surface area contributed by atoms with E-state index in [-0.39, 0.29) is 17.3 Å². The first-order valence-corrected chi connectivity index (χ1v) is 4.81. The van der Waals surface area contributed by atoms with Gasteiger partial charge in [0.25, 0.3) is 0 Å². The highest BCUT2D eigenvalue weighted by molar-refractivity contribution is 5.69. The normalized spacial score (nSPS) is 14.0. The van der Waals surface area contributed by atoms with Crippen molar-refractivity contribution in [1.82, 2.24) is 0 Å². The number of methoxy groups -OCH3 is 1. The van der Waals surface area contributed by atoms with Crippen LogP contribution in [0.4, 0.5) is 0 Å². The molecule has 0 saturated heterocycles. The van der Waals surface area contributed by atoms with Crippen molar-refractivity contribution in [2.45, 2.75) is 27.2 Å². The maximum atomic E-state index is 11.1. The Kier molecular flexibility index (Phi) is 5.21. The summed E-state index contributed by atoms with van der Waals surface area (Å²) in [5, 5.41) is 0. The Balaban J connectivity index is 4.33. The molecule has 0 aromatic carbocycles. The summed E-state index contributed by atoms with van der Waals surface area (Å²) in [7, 11) is 1.42. The molecule has 0 aliphatic rings. The lowest BCUT2D eigenvalue weighted by Gasteiger charge is -2.27. The quantitative estimate of drug-likeness (QED) is 0.499. The molecule has 0 N–H and O–H groups in total. The van der Waals surface area contributed by atoms with Gasteiger partial charge in [-0.1, -0.05) is 45.6 Å². The van der Waals surface area contributed by atoms with Gasteiger partial charge in [-0.15, -0.1) is 0 Å². The zero-order chi connectivity index (χ0) is 11.2. The number of hydrogen-bond donors (Lipinski definition) is 0. The Morgan fingerprint density at radius 1 is 1.57 bits per heavy atom. The monoisotopic (exact) mass is 196 g/mol. The van der Waals surface area contributed by atoms with Gasteiger partial charge in [-0.25, -0.2) is 0 Å². The van der Waals surface area contributed by atoms with E-state index >= 15 is 0 Å². The maximum Gasteiger partial charge on any atom is 0.305 e. The van der Waals surface area contributed by atoms with Crippen LogP contribution in [0.3, 0.4) is 0 Å². The average molecular weight is 196 g/mol. The van der Waals surface area contributed by atoms with Crippen molar-refractivity contribution < 1.29 is 9.53 Å². The Bertz CT molecular complexity index is 226. The Hall–Kier alpha value is -1.05. The molecule has 0 saturated carbocycles. The van der Waals surface area contributed by atoms with Gasteiger partial charge >= 0.3 is 5.97 Å². The average Bonchev–Trinajstić information content (AvgIpc) is 2.14. The highest BCUT2D eigenvalue weighted by Gasteiger charge is 2.24. The van der Waals surface area contributed by atoms with Crippen molar-refractivity contribution in [2.24, 2.45) is 11.3 Å². The first-order valence-electron chi connectivity index (χ1n) is 4.81. The minimum absolute atomic E-state index is 0.0115. The smallest absolute Gasteiger partial charge is 0.305 e. The van der Waals surface area contributed by atoms with Crippen LogP contribution in [0.5, 0.6) is 0 Å². The van der Waals surface area contributed by atoms with Gasteiger partial charge in [0.05, 0.1) is 7.11 Å². The van der Waals surface area contributed by atoms with Crippen LogP contribution in [0.25, 0.3) is 0 Å². The van der Waals surface area contributed by atoms with Crippen molar-refractivity contribution in [1.29, 1.82) is 0 Å². The van der Waals surface area contributed by atoms with Gasteiger partial charge in [-0.3, -0.25) is 4.79 Å². The molecular weight excluding hydrogens is 176 g/mol. The number of allylic oxidation sites excluding steroid dienone is 3. The summed E-state index contributed by atoms with van der Waals surface area (Å²) in [5.41, 5.74) is -0.0115. The minimum atomic E-state index is -0.155. The first kappa shape index (κ1) is 12.9. The van der Waals surface area contributed by atoms with Gasteiger partial charge in [0.15, 0.2) is 0 Å². The number of carbonyl (C=O) groups excluding carboxylic acids is 1. The number of rotatable bonds is 5. The van der Waals surface area contributed by atoms with Gasteiger partial charge in [0.2, 0.25) is 0 Å². The molecule has 80 valence electrons. The Morgan fingerprint density at radius 2 is 2.14 bits per heavy atom. The van der Waals surface area contributed by atoms with Gasteiger partial charge in [-0.2, -0.15) is 0 Å². The van der Waals surface area contributed by atoms with E-state index in [2.05, 4.69) is 31.2 Å². The maximum absolute atomic E-state index is 11.1. The lowest BCUT2D eigenvalue weighted by molar-refractivity contribution is -0.142. The predicted octanol–water partition coefficient (Wildman–Crippen LogP) is 2.95. The van der Waals surface area contributed by atoms with Crippen LogP contribution in [-0.4, -0.2) is 13.1 Å². The molecule has 0 heterocycles. The van der Waals surface area contributed by atoms with E-state index in [1.807, 2.05) is 13.0 Å². The highest BCUT2D eigenvalue weighted by atomic mass is 16.5. The number of hydrogen-bond acceptors (Lipinski definition) is 2. The van der Waals surface area contributed by atoms with Crippen LogP contribution in [0.2, 0.25) is 0 Å². The third kappa shape index (κ3) is 4.26. The second-order valence-electron chi connectivity index (χ2n) is 4.10. The molecule has 2 nitrogen and oxygen atoms in total. The van der Waals surface area contributed by atoms with Crippen molar-refractivity contribution in [3.63, 3.8) is 0 Å². The Morgan fingerprint density at radius 3 is 2.57 bits per heavy atom. The summed E-state index contributed by atoms with van der Waals surface area (Å²) < 4.78 is 4.64. The van der Waals surface area contributed by atoms with E-state index in [1.54, 1.807) is 6.08 Å². The fraction of sp³-hybridized carbons (Fsp3) is 0.583. The zero-order valence-corrected chi connectivity index (χ0v) is 9.54. The SMILES string of the molecule is C=C/C=C/C(C)(C)C(C)CC(=O)OC. The number of ether oxygens (including phenoxy) is 1. The van der Waals surface area contributed by atoms with E-state index in [0.29, 0.717) is 6.42 Å². The zero-order valence-electron chi connectivity index (χ0n) is 9.54. The molecule has 1 atom stereocenters. The molecular formula is C12H20O2. The number of esters is 1. The summed E-state index contributed by atoms with van der Waals surface area (Å²) in [4.78, 5) is 11.1. The number of carbonyl (C=O) groups is 1. The van der Waals surface area contributed by atoms with E-state index in [9.17, 15) is 4.79 Å². The topological polar surface area (TPSA) is 26.3 Å². The molecule has 0 rings (SSSR count). The summed E-state index contributed by atoms with van der Waals surface area (Å²) in [5.74, 6) is 0.101. The van der Waals surface area contributed by atoms with Gasteiger partial charge in [-0.05, 0) is 11.3 Å².